The maximum Gasteiger partial charge on any atom is 0.0888 e. The fourth-order valence-corrected chi connectivity index (χ4v) is 1.25. The van der Waals surface area contributed by atoms with E-state index in [9.17, 15) is 0 Å². The van der Waals surface area contributed by atoms with Gasteiger partial charge >= 0.3 is 0 Å². The minimum atomic E-state index is 0.549. The molecule has 13 heavy (non-hydrogen) atoms. The number of nitrogen functional groups attached to an aromatic ring is 2. The second kappa shape index (κ2) is 2.56. The summed E-state index contributed by atoms with van der Waals surface area (Å²) in [5, 5.41) is 9.94. The van der Waals surface area contributed by atoms with Gasteiger partial charge in [0.25, 0.3) is 0 Å². The molecule has 6 N–H and O–H groups in total. The fraction of sp³-hybridized carbons (Fsp3) is 0. The number of rotatable bonds is 0. The Bertz CT molecular complexity index is 375. The van der Waals surface area contributed by atoms with Gasteiger partial charge < -0.3 is 11.5 Å². The minimum absolute atomic E-state index is 0.549. The highest BCUT2D eigenvalue weighted by molar-refractivity contribution is 5.86. The lowest BCUT2D eigenvalue weighted by Gasteiger charge is -2.23. The van der Waals surface area contributed by atoms with Gasteiger partial charge in [0, 0.05) is 11.3 Å². The van der Waals surface area contributed by atoms with E-state index in [0.29, 0.717) is 17.1 Å². The Morgan fingerprint density at radius 3 is 2.69 bits per heavy atom. The molecule has 1 aliphatic heterocycles. The fourth-order valence-electron chi connectivity index (χ4n) is 1.25. The lowest BCUT2D eigenvalue weighted by molar-refractivity contribution is -0.0140. The Hall–Kier alpha value is -1.88. The molecule has 0 saturated carbocycles. The molecule has 0 atom stereocenters. The molecule has 5 heteroatoms. The van der Waals surface area contributed by atoms with Crippen LogP contribution < -0.4 is 16.9 Å². The number of nitrogens with zero attached hydrogens (tertiary/aromatic N) is 1. The van der Waals surface area contributed by atoms with Gasteiger partial charge in [-0.05, 0) is 18.2 Å². The first-order valence-corrected chi connectivity index (χ1v) is 3.79. The predicted molar refractivity (Wildman–Crippen MR) is 51.5 cm³/mol. The monoisotopic (exact) mass is 178 g/mol. The van der Waals surface area contributed by atoms with Gasteiger partial charge in [0.1, 0.15) is 0 Å². The third kappa shape index (κ3) is 1.15. The predicted octanol–water partition coefficient (Wildman–Crippen LogP) is 0.853. The van der Waals surface area contributed by atoms with E-state index in [4.69, 9.17) is 16.7 Å². The van der Waals surface area contributed by atoms with Gasteiger partial charge in [-0.1, -0.05) is 0 Å². The van der Waals surface area contributed by atoms with E-state index in [1.807, 2.05) is 0 Å². The summed E-state index contributed by atoms with van der Waals surface area (Å²) in [7, 11) is 0. The summed E-state index contributed by atoms with van der Waals surface area (Å²) < 4.78 is 0. The minimum Gasteiger partial charge on any atom is -0.398 e. The molecule has 1 aliphatic rings. The number of hydrogen-bond acceptors (Lipinski definition) is 5. The van der Waals surface area contributed by atoms with Crippen molar-refractivity contribution in [1.82, 2.24) is 5.17 Å². The van der Waals surface area contributed by atoms with Crippen molar-refractivity contribution in [2.24, 2.45) is 0 Å². The molecule has 0 saturated heterocycles. The number of fused-ring (bicyclic) bond motifs is 1. The van der Waals surface area contributed by atoms with E-state index in [1.165, 1.54) is 6.20 Å². The second-order valence-electron chi connectivity index (χ2n) is 2.80. The third-order valence-electron chi connectivity index (χ3n) is 1.92. The maximum atomic E-state index is 9.11. The molecule has 68 valence electrons. The SMILES string of the molecule is Nc1ccc(N)c2c1C=CN(O)N2. The zero-order valence-corrected chi connectivity index (χ0v) is 6.86. The van der Waals surface area contributed by atoms with Crippen molar-refractivity contribution in [2.45, 2.75) is 0 Å². The Morgan fingerprint density at radius 1 is 1.23 bits per heavy atom. The van der Waals surface area contributed by atoms with Gasteiger partial charge in [-0.3, -0.25) is 10.6 Å². The van der Waals surface area contributed by atoms with Gasteiger partial charge in [0.15, 0.2) is 0 Å². The number of anilines is 3. The van der Waals surface area contributed by atoms with Crippen molar-refractivity contribution >= 4 is 23.1 Å². The Balaban J connectivity index is 2.60. The van der Waals surface area contributed by atoms with Crippen LogP contribution in [0.3, 0.4) is 0 Å². The Kier molecular flexibility index (Phi) is 1.53. The molecule has 5 nitrogen and oxygen atoms in total. The summed E-state index contributed by atoms with van der Waals surface area (Å²) in [6, 6.07) is 3.42. The quantitative estimate of drug-likeness (QED) is 0.442. The third-order valence-corrected chi connectivity index (χ3v) is 1.92. The average Bonchev–Trinajstić information content (AvgIpc) is 2.12. The van der Waals surface area contributed by atoms with E-state index in [2.05, 4.69) is 5.43 Å². The van der Waals surface area contributed by atoms with E-state index in [-0.39, 0.29) is 0 Å². The lowest BCUT2D eigenvalue weighted by atomic mass is 10.1. The number of nitrogens with two attached hydrogens (primary N) is 2. The first-order valence-electron chi connectivity index (χ1n) is 3.79. The van der Waals surface area contributed by atoms with Crippen molar-refractivity contribution in [3.05, 3.63) is 23.9 Å². The van der Waals surface area contributed by atoms with Crippen LogP contribution in [-0.2, 0) is 0 Å². The normalized spacial score (nSPS) is 13.8. The van der Waals surface area contributed by atoms with Crippen LogP contribution in [0.15, 0.2) is 18.3 Å². The standard InChI is InChI=1S/C8H10N4O/c9-6-1-2-7(10)8-5(6)3-4-12(13)11-8/h1-4,11,13H,9-10H2. The molecule has 0 aliphatic carbocycles. The number of benzene rings is 1. The zero-order valence-electron chi connectivity index (χ0n) is 6.86. The summed E-state index contributed by atoms with van der Waals surface area (Å²) in [6.45, 7) is 0. The van der Waals surface area contributed by atoms with Gasteiger partial charge in [-0.15, -0.1) is 0 Å². The Labute approximate surface area is 75.2 Å². The van der Waals surface area contributed by atoms with Crippen LogP contribution in [0, 0.1) is 0 Å². The van der Waals surface area contributed by atoms with Crippen LogP contribution in [-0.4, -0.2) is 10.4 Å². The molecule has 0 amide bonds. The topological polar surface area (TPSA) is 87.5 Å². The molecule has 0 aromatic heterocycles. The van der Waals surface area contributed by atoms with E-state index in [1.54, 1.807) is 18.2 Å². The van der Waals surface area contributed by atoms with E-state index in [0.717, 1.165) is 10.7 Å². The number of hydrazine groups is 1. The van der Waals surface area contributed by atoms with Crippen LogP contribution >= 0.6 is 0 Å². The van der Waals surface area contributed by atoms with Crippen molar-refractivity contribution in [1.29, 1.82) is 0 Å². The largest absolute Gasteiger partial charge is 0.398 e. The van der Waals surface area contributed by atoms with Crippen LogP contribution in [0.4, 0.5) is 17.1 Å². The van der Waals surface area contributed by atoms with Crippen molar-refractivity contribution in [3.8, 4) is 0 Å². The van der Waals surface area contributed by atoms with Gasteiger partial charge in [-0.2, -0.15) is 5.17 Å². The summed E-state index contributed by atoms with van der Waals surface area (Å²) >= 11 is 0. The van der Waals surface area contributed by atoms with Gasteiger partial charge in [0.2, 0.25) is 0 Å². The molecule has 2 rings (SSSR count). The second-order valence-corrected chi connectivity index (χ2v) is 2.80. The molecule has 1 aromatic carbocycles. The number of hydrogen-bond donors (Lipinski definition) is 4. The highest BCUT2D eigenvalue weighted by Gasteiger charge is 2.12. The highest BCUT2D eigenvalue weighted by atomic mass is 16.5. The summed E-state index contributed by atoms with van der Waals surface area (Å²) in [5.74, 6) is 0. The lowest BCUT2D eigenvalue weighted by Crippen LogP contribution is -2.24. The van der Waals surface area contributed by atoms with Crippen LogP contribution in [0.1, 0.15) is 5.56 Å². The van der Waals surface area contributed by atoms with Crippen molar-refractivity contribution in [3.63, 3.8) is 0 Å². The van der Waals surface area contributed by atoms with Crippen molar-refractivity contribution in [2.75, 3.05) is 16.9 Å². The molecule has 1 heterocycles. The zero-order chi connectivity index (χ0) is 9.42. The average molecular weight is 178 g/mol. The Morgan fingerprint density at radius 2 is 1.92 bits per heavy atom. The molecule has 0 spiro atoms. The molecule has 1 aromatic rings. The van der Waals surface area contributed by atoms with Gasteiger partial charge in [-0.25, -0.2) is 0 Å². The van der Waals surface area contributed by atoms with Crippen molar-refractivity contribution < 1.29 is 5.21 Å². The molecule has 0 bridgehead atoms. The van der Waals surface area contributed by atoms with E-state index < -0.39 is 0 Å². The first-order chi connectivity index (χ1) is 6.18. The molecular weight excluding hydrogens is 168 g/mol. The molecule has 0 fully saturated rings. The van der Waals surface area contributed by atoms with E-state index >= 15 is 0 Å². The number of nitrogens with one attached hydrogen (secondary N) is 1. The van der Waals surface area contributed by atoms with Crippen LogP contribution in [0.5, 0.6) is 0 Å². The van der Waals surface area contributed by atoms with Crippen LogP contribution in [0.2, 0.25) is 0 Å². The maximum absolute atomic E-state index is 9.11. The molecular formula is C8H10N4O. The smallest absolute Gasteiger partial charge is 0.0888 e. The van der Waals surface area contributed by atoms with Gasteiger partial charge in [0.05, 0.1) is 17.6 Å². The summed E-state index contributed by atoms with van der Waals surface area (Å²) in [5.41, 5.74) is 16.7. The van der Waals surface area contributed by atoms with Crippen LogP contribution in [0.25, 0.3) is 6.08 Å². The number of hydroxylamine groups is 1. The summed E-state index contributed by atoms with van der Waals surface area (Å²) in [4.78, 5) is 0. The highest BCUT2D eigenvalue weighted by Crippen LogP contribution is 2.32. The first kappa shape index (κ1) is 7.75. The molecule has 0 unspecified atom stereocenters. The summed E-state index contributed by atoms with van der Waals surface area (Å²) in [6.07, 6.45) is 3.15. The molecule has 0 radical (unpaired) electrons.